The number of nitrogens with one attached hydrogen (secondary N) is 3. The van der Waals surface area contributed by atoms with Crippen molar-refractivity contribution in [2.75, 3.05) is 19.6 Å². The molecule has 1 aliphatic rings. The molecule has 5 nitrogen and oxygen atoms in total. The van der Waals surface area contributed by atoms with E-state index in [1.54, 1.807) is 18.2 Å². The second-order valence-electron chi connectivity index (χ2n) is 5.59. The third-order valence-corrected chi connectivity index (χ3v) is 4.70. The molecule has 0 radical (unpaired) electrons. The highest BCUT2D eigenvalue weighted by molar-refractivity contribution is 7.12. The summed E-state index contributed by atoms with van der Waals surface area (Å²) in [5.41, 5.74) is 1.61. The number of amides is 2. The summed E-state index contributed by atoms with van der Waals surface area (Å²) in [7, 11) is 0. The van der Waals surface area contributed by atoms with Crippen LogP contribution in [0.5, 0.6) is 0 Å². The molecule has 1 aromatic heterocycles. The molecule has 1 aliphatic heterocycles. The van der Waals surface area contributed by atoms with Gasteiger partial charge in [0.15, 0.2) is 0 Å². The van der Waals surface area contributed by atoms with Crippen LogP contribution in [0.1, 0.15) is 25.6 Å². The maximum absolute atomic E-state index is 12.0. The summed E-state index contributed by atoms with van der Waals surface area (Å²) < 4.78 is 0. The first-order chi connectivity index (χ1) is 11.2. The van der Waals surface area contributed by atoms with Crippen LogP contribution in [0.25, 0.3) is 0 Å². The first kappa shape index (κ1) is 15.7. The van der Waals surface area contributed by atoms with Gasteiger partial charge in [-0.2, -0.15) is 0 Å². The third-order valence-electron chi connectivity index (χ3n) is 3.83. The summed E-state index contributed by atoms with van der Waals surface area (Å²) in [6.45, 7) is 3.11. The zero-order chi connectivity index (χ0) is 16.1. The largest absolute Gasteiger partial charge is 0.352 e. The smallest absolute Gasteiger partial charge is 0.261 e. The Kier molecular flexibility index (Phi) is 5.05. The average molecular weight is 329 g/mol. The molecule has 0 bridgehead atoms. The number of benzene rings is 1. The van der Waals surface area contributed by atoms with Crippen molar-refractivity contribution in [1.82, 2.24) is 16.0 Å². The van der Waals surface area contributed by atoms with E-state index in [4.69, 9.17) is 0 Å². The van der Waals surface area contributed by atoms with Gasteiger partial charge in [0.05, 0.1) is 4.88 Å². The first-order valence-corrected chi connectivity index (χ1v) is 8.50. The molecule has 2 heterocycles. The molecule has 1 aromatic carbocycles. The third kappa shape index (κ3) is 4.18. The Morgan fingerprint density at radius 1 is 1.09 bits per heavy atom. The van der Waals surface area contributed by atoms with Crippen LogP contribution in [0.4, 0.5) is 0 Å². The highest BCUT2D eigenvalue weighted by Gasteiger charge is 2.17. The van der Waals surface area contributed by atoms with Crippen LogP contribution in [0, 0.1) is 5.92 Å². The van der Waals surface area contributed by atoms with Crippen LogP contribution in [-0.4, -0.2) is 31.4 Å². The van der Waals surface area contributed by atoms with E-state index in [0.29, 0.717) is 29.4 Å². The lowest BCUT2D eigenvalue weighted by atomic mass is 10.0. The van der Waals surface area contributed by atoms with E-state index in [0.717, 1.165) is 18.7 Å². The molecule has 2 aromatic rings. The Morgan fingerprint density at radius 2 is 1.87 bits per heavy atom. The SMILES string of the molecule is O=C(NCC1CNC1)c1ccc(CNC(=O)c2cccs2)cc1. The molecule has 23 heavy (non-hydrogen) atoms. The summed E-state index contributed by atoms with van der Waals surface area (Å²) >= 11 is 1.42. The molecule has 1 fully saturated rings. The monoisotopic (exact) mass is 329 g/mol. The van der Waals surface area contributed by atoms with Crippen LogP contribution < -0.4 is 16.0 Å². The first-order valence-electron chi connectivity index (χ1n) is 7.62. The summed E-state index contributed by atoms with van der Waals surface area (Å²) in [6, 6.07) is 11.0. The Hall–Kier alpha value is -2.18. The predicted molar refractivity (Wildman–Crippen MR) is 90.6 cm³/mol. The van der Waals surface area contributed by atoms with E-state index in [9.17, 15) is 9.59 Å². The van der Waals surface area contributed by atoms with Crippen LogP contribution in [0.15, 0.2) is 41.8 Å². The number of carbonyl (C=O) groups excluding carboxylic acids is 2. The normalized spacial score (nSPS) is 14.1. The summed E-state index contributed by atoms with van der Waals surface area (Å²) in [5.74, 6) is 0.424. The number of hydrogen-bond donors (Lipinski definition) is 3. The van der Waals surface area contributed by atoms with Gasteiger partial charge in [-0.1, -0.05) is 18.2 Å². The number of rotatable bonds is 6. The van der Waals surface area contributed by atoms with Crippen LogP contribution in [-0.2, 0) is 6.54 Å². The number of carbonyl (C=O) groups is 2. The summed E-state index contributed by atoms with van der Waals surface area (Å²) in [6.07, 6.45) is 0. The van der Waals surface area contributed by atoms with Gasteiger partial charge in [0, 0.05) is 37.7 Å². The minimum absolute atomic E-state index is 0.0499. The quantitative estimate of drug-likeness (QED) is 0.754. The maximum Gasteiger partial charge on any atom is 0.261 e. The zero-order valence-corrected chi connectivity index (χ0v) is 13.5. The molecule has 3 N–H and O–H groups in total. The lowest BCUT2D eigenvalue weighted by Gasteiger charge is -2.27. The van der Waals surface area contributed by atoms with Gasteiger partial charge in [-0.05, 0) is 29.1 Å². The Bertz CT molecular complexity index is 664. The fraction of sp³-hybridized carbons (Fsp3) is 0.294. The zero-order valence-electron chi connectivity index (χ0n) is 12.7. The fourth-order valence-corrected chi connectivity index (χ4v) is 2.92. The van der Waals surface area contributed by atoms with E-state index < -0.39 is 0 Å². The van der Waals surface area contributed by atoms with E-state index in [1.165, 1.54) is 11.3 Å². The van der Waals surface area contributed by atoms with E-state index in [-0.39, 0.29) is 11.8 Å². The molecule has 0 atom stereocenters. The van der Waals surface area contributed by atoms with Gasteiger partial charge in [-0.3, -0.25) is 9.59 Å². The molecule has 0 spiro atoms. The topological polar surface area (TPSA) is 70.2 Å². The highest BCUT2D eigenvalue weighted by atomic mass is 32.1. The molecule has 1 saturated heterocycles. The lowest BCUT2D eigenvalue weighted by Crippen LogP contribution is -2.48. The van der Waals surface area contributed by atoms with Crippen LogP contribution in [0.2, 0.25) is 0 Å². The van der Waals surface area contributed by atoms with E-state index in [2.05, 4.69) is 16.0 Å². The lowest BCUT2D eigenvalue weighted by molar-refractivity contribution is 0.0937. The molecular weight excluding hydrogens is 310 g/mol. The standard InChI is InChI=1S/C17H19N3O2S/c21-16(19-11-13-8-18-9-13)14-5-3-12(4-6-14)10-20-17(22)15-2-1-7-23-15/h1-7,13,18H,8-11H2,(H,19,21)(H,20,22). The van der Waals surface area contributed by atoms with Crippen molar-refractivity contribution < 1.29 is 9.59 Å². The molecule has 0 unspecified atom stereocenters. The van der Waals surface area contributed by atoms with Gasteiger partial charge in [0.25, 0.3) is 11.8 Å². The number of hydrogen-bond acceptors (Lipinski definition) is 4. The average Bonchev–Trinajstić information content (AvgIpc) is 3.06. The second kappa shape index (κ2) is 7.39. The minimum Gasteiger partial charge on any atom is -0.352 e. The Balaban J connectivity index is 1.48. The number of thiophene rings is 1. The van der Waals surface area contributed by atoms with E-state index in [1.807, 2.05) is 23.6 Å². The molecule has 6 heteroatoms. The van der Waals surface area contributed by atoms with Crippen LogP contribution >= 0.6 is 11.3 Å². The van der Waals surface area contributed by atoms with E-state index >= 15 is 0 Å². The van der Waals surface area contributed by atoms with Crippen molar-refractivity contribution in [3.05, 3.63) is 57.8 Å². The molecular formula is C17H19N3O2S. The summed E-state index contributed by atoms with van der Waals surface area (Å²) in [5, 5.41) is 10.9. The Morgan fingerprint density at radius 3 is 2.48 bits per heavy atom. The Labute approximate surface area is 139 Å². The summed E-state index contributed by atoms with van der Waals surface area (Å²) in [4.78, 5) is 24.6. The van der Waals surface area contributed by atoms with Gasteiger partial charge in [-0.15, -0.1) is 11.3 Å². The van der Waals surface area contributed by atoms with Gasteiger partial charge >= 0.3 is 0 Å². The fourth-order valence-electron chi connectivity index (χ4n) is 2.28. The van der Waals surface area contributed by atoms with Crippen molar-refractivity contribution in [2.24, 2.45) is 5.92 Å². The molecule has 120 valence electrons. The molecule has 2 amide bonds. The van der Waals surface area contributed by atoms with Crippen molar-refractivity contribution >= 4 is 23.2 Å². The van der Waals surface area contributed by atoms with Gasteiger partial charge < -0.3 is 16.0 Å². The van der Waals surface area contributed by atoms with Gasteiger partial charge in [0.1, 0.15) is 0 Å². The highest BCUT2D eigenvalue weighted by Crippen LogP contribution is 2.09. The van der Waals surface area contributed by atoms with Gasteiger partial charge in [-0.25, -0.2) is 0 Å². The molecule has 0 saturated carbocycles. The minimum atomic E-state index is -0.0732. The molecule has 3 rings (SSSR count). The van der Waals surface area contributed by atoms with Crippen molar-refractivity contribution in [3.8, 4) is 0 Å². The maximum atomic E-state index is 12.0. The molecule has 0 aliphatic carbocycles. The van der Waals surface area contributed by atoms with Gasteiger partial charge in [0.2, 0.25) is 0 Å². The second-order valence-corrected chi connectivity index (χ2v) is 6.54. The predicted octanol–water partition coefficient (Wildman–Crippen LogP) is 1.63. The van der Waals surface area contributed by atoms with Crippen molar-refractivity contribution in [1.29, 1.82) is 0 Å². The van der Waals surface area contributed by atoms with Crippen LogP contribution in [0.3, 0.4) is 0 Å². The van der Waals surface area contributed by atoms with Crippen molar-refractivity contribution in [2.45, 2.75) is 6.54 Å². The van der Waals surface area contributed by atoms with Crippen molar-refractivity contribution in [3.63, 3.8) is 0 Å².